The van der Waals surface area contributed by atoms with Crippen LogP contribution in [0, 0.1) is 0 Å². The van der Waals surface area contributed by atoms with E-state index in [1.54, 1.807) is 7.11 Å². The van der Waals surface area contributed by atoms with Crippen LogP contribution in [0.25, 0.3) is 5.65 Å². The first-order valence-corrected chi connectivity index (χ1v) is 6.69. The second-order valence-electron chi connectivity index (χ2n) is 4.20. The van der Waals surface area contributed by atoms with Crippen LogP contribution in [0.2, 0.25) is 0 Å². The van der Waals surface area contributed by atoms with Crippen LogP contribution in [0.1, 0.15) is 5.69 Å². The Morgan fingerprint density at radius 3 is 2.55 bits per heavy atom. The average Bonchev–Trinajstić information content (AvgIpc) is 2.85. The molecule has 0 aliphatic carbocycles. The van der Waals surface area contributed by atoms with E-state index in [-0.39, 0.29) is 0 Å². The summed E-state index contributed by atoms with van der Waals surface area (Å²) < 4.78 is 12.9. The van der Waals surface area contributed by atoms with Gasteiger partial charge in [0, 0.05) is 6.20 Å². The number of halogens is 1. The van der Waals surface area contributed by atoms with Crippen LogP contribution >= 0.6 is 11.6 Å². The second kappa shape index (κ2) is 5.43. The van der Waals surface area contributed by atoms with Gasteiger partial charge in [-0.1, -0.05) is 6.07 Å². The molecule has 0 N–H and O–H groups in total. The van der Waals surface area contributed by atoms with Crippen molar-refractivity contribution in [1.82, 2.24) is 9.38 Å². The first kappa shape index (κ1) is 12.8. The van der Waals surface area contributed by atoms with Gasteiger partial charge in [0.2, 0.25) is 5.88 Å². The number of aromatic nitrogens is 2. The lowest BCUT2D eigenvalue weighted by atomic mass is 10.3. The van der Waals surface area contributed by atoms with Crippen molar-refractivity contribution in [2.75, 3.05) is 7.11 Å². The molecular weight excluding hydrogens is 276 g/mol. The van der Waals surface area contributed by atoms with E-state index in [2.05, 4.69) is 4.98 Å². The van der Waals surface area contributed by atoms with Crippen molar-refractivity contribution in [3.63, 3.8) is 0 Å². The molecule has 0 aliphatic rings. The molecule has 0 unspecified atom stereocenters. The largest absolute Gasteiger partial charge is 0.497 e. The number of imidazole rings is 1. The normalized spacial score (nSPS) is 10.7. The first-order valence-electron chi connectivity index (χ1n) is 6.15. The molecule has 2 heterocycles. The summed E-state index contributed by atoms with van der Waals surface area (Å²) in [7, 11) is 1.63. The summed E-state index contributed by atoms with van der Waals surface area (Å²) >= 11 is 6.01. The summed E-state index contributed by atoms with van der Waals surface area (Å²) in [5, 5.41) is 0. The fraction of sp³-hybridized carbons (Fsp3) is 0.133. The summed E-state index contributed by atoms with van der Waals surface area (Å²) in [4.78, 5) is 4.45. The average molecular weight is 289 g/mol. The molecular formula is C15H13ClN2O2. The number of hydrogen-bond donors (Lipinski definition) is 0. The Balaban J connectivity index is 1.96. The van der Waals surface area contributed by atoms with Crippen molar-refractivity contribution in [3.8, 4) is 17.4 Å². The van der Waals surface area contributed by atoms with Gasteiger partial charge in [0.1, 0.15) is 22.8 Å². The number of hydrogen-bond acceptors (Lipinski definition) is 3. The van der Waals surface area contributed by atoms with E-state index in [0.29, 0.717) is 17.5 Å². The van der Waals surface area contributed by atoms with E-state index in [1.807, 2.05) is 53.1 Å². The van der Waals surface area contributed by atoms with E-state index in [1.165, 1.54) is 0 Å². The molecule has 0 radical (unpaired) electrons. The summed E-state index contributed by atoms with van der Waals surface area (Å²) in [5.41, 5.74) is 1.64. The predicted octanol–water partition coefficient (Wildman–Crippen LogP) is 3.87. The Bertz CT molecular complexity index is 722. The molecule has 0 saturated carbocycles. The first-order chi connectivity index (χ1) is 9.81. The standard InChI is InChI=1S/C15H13ClN2O2/c1-19-11-5-7-12(8-6-11)20-15-13(10-16)18-9-3-2-4-14(18)17-15/h2-9H,10H2,1H3. The molecule has 0 fully saturated rings. The van der Waals surface area contributed by atoms with E-state index in [9.17, 15) is 0 Å². The quantitative estimate of drug-likeness (QED) is 0.684. The molecule has 0 bridgehead atoms. The maximum Gasteiger partial charge on any atom is 0.242 e. The molecule has 0 saturated heterocycles. The molecule has 0 amide bonds. The van der Waals surface area contributed by atoms with Gasteiger partial charge in [-0.2, -0.15) is 4.98 Å². The third kappa shape index (κ3) is 2.30. The molecule has 4 nitrogen and oxygen atoms in total. The van der Waals surface area contributed by atoms with Crippen LogP contribution < -0.4 is 9.47 Å². The van der Waals surface area contributed by atoms with Gasteiger partial charge in [-0.3, -0.25) is 4.40 Å². The lowest BCUT2D eigenvalue weighted by molar-refractivity contribution is 0.412. The molecule has 3 rings (SSSR count). The van der Waals surface area contributed by atoms with Crippen molar-refractivity contribution in [3.05, 3.63) is 54.4 Å². The van der Waals surface area contributed by atoms with Gasteiger partial charge in [-0.15, -0.1) is 11.6 Å². The van der Waals surface area contributed by atoms with E-state index >= 15 is 0 Å². The van der Waals surface area contributed by atoms with E-state index in [4.69, 9.17) is 21.1 Å². The number of benzene rings is 1. The van der Waals surface area contributed by atoms with Crippen LogP contribution in [0.15, 0.2) is 48.7 Å². The zero-order valence-corrected chi connectivity index (χ0v) is 11.7. The molecule has 3 aromatic rings. The van der Waals surface area contributed by atoms with Gasteiger partial charge in [-0.25, -0.2) is 0 Å². The summed E-state index contributed by atoms with van der Waals surface area (Å²) in [6.07, 6.45) is 1.92. The SMILES string of the molecule is COc1ccc(Oc2nc3ccccn3c2CCl)cc1. The Kier molecular flexibility index (Phi) is 3.48. The number of pyridine rings is 1. The van der Waals surface area contributed by atoms with Crippen molar-refractivity contribution < 1.29 is 9.47 Å². The Hall–Kier alpha value is -2.20. The maximum atomic E-state index is 6.01. The van der Waals surface area contributed by atoms with Crippen molar-refractivity contribution in [2.45, 2.75) is 5.88 Å². The van der Waals surface area contributed by atoms with Gasteiger partial charge in [0.15, 0.2) is 0 Å². The van der Waals surface area contributed by atoms with Gasteiger partial charge in [-0.05, 0) is 36.4 Å². The summed E-state index contributed by atoms with van der Waals surface area (Å²) in [6.45, 7) is 0. The zero-order chi connectivity index (χ0) is 13.9. The number of methoxy groups -OCH3 is 1. The Labute approximate surface area is 121 Å². The smallest absolute Gasteiger partial charge is 0.242 e. The van der Waals surface area contributed by atoms with Crippen molar-refractivity contribution in [1.29, 1.82) is 0 Å². The topological polar surface area (TPSA) is 35.8 Å². The Morgan fingerprint density at radius 2 is 1.85 bits per heavy atom. The highest BCUT2D eigenvalue weighted by molar-refractivity contribution is 6.17. The third-order valence-corrected chi connectivity index (χ3v) is 3.25. The highest BCUT2D eigenvalue weighted by Crippen LogP contribution is 2.28. The number of nitrogens with zero attached hydrogens (tertiary/aromatic N) is 2. The fourth-order valence-corrected chi connectivity index (χ4v) is 2.23. The lowest BCUT2D eigenvalue weighted by Gasteiger charge is -2.05. The fourth-order valence-electron chi connectivity index (χ4n) is 1.98. The molecule has 0 atom stereocenters. The monoisotopic (exact) mass is 288 g/mol. The molecule has 2 aromatic heterocycles. The van der Waals surface area contributed by atoms with Gasteiger partial charge in [0.25, 0.3) is 0 Å². The van der Waals surface area contributed by atoms with Crippen LogP contribution in [0.3, 0.4) is 0 Å². The number of rotatable bonds is 4. The minimum Gasteiger partial charge on any atom is -0.497 e. The molecule has 102 valence electrons. The molecule has 0 spiro atoms. The Morgan fingerprint density at radius 1 is 1.10 bits per heavy atom. The van der Waals surface area contributed by atoms with E-state index < -0.39 is 0 Å². The van der Waals surface area contributed by atoms with Gasteiger partial charge in [0.05, 0.1) is 13.0 Å². The molecule has 20 heavy (non-hydrogen) atoms. The predicted molar refractivity (Wildman–Crippen MR) is 77.8 cm³/mol. The van der Waals surface area contributed by atoms with Crippen molar-refractivity contribution >= 4 is 17.2 Å². The molecule has 1 aromatic carbocycles. The maximum absolute atomic E-state index is 6.01. The molecule has 5 heteroatoms. The van der Waals surface area contributed by atoms with E-state index in [0.717, 1.165) is 17.1 Å². The van der Waals surface area contributed by atoms with Gasteiger partial charge < -0.3 is 9.47 Å². The highest BCUT2D eigenvalue weighted by atomic mass is 35.5. The van der Waals surface area contributed by atoms with Crippen molar-refractivity contribution in [2.24, 2.45) is 0 Å². The number of alkyl halides is 1. The van der Waals surface area contributed by atoms with Crippen LogP contribution in [0.5, 0.6) is 17.4 Å². The zero-order valence-electron chi connectivity index (χ0n) is 10.9. The van der Waals surface area contributed by atoms with Crippen LogP contribution in [0.4, 0.5) is 0 Å². The highest BCUT2D eigenvalue weighted by Gasteiger charge is 2.13. The minimum absolute atomic E-state index is 0.330. The summed E-state index contributed by atoms with van der Waals surface area (Å²) in [6, 6.07) is 13.1. The summed E-state index contributed by atoms with van der Waals surface area (Å²) in [5.74, 6) is 2.33. The molecule has 0 aliphatic heterocycles. The second-order valence-corrected chi connectivity index (χ2v) is 4.47. The third-order valence-electron chi connectivity index (χ3n) is 2.99. The van der Waals surface area contributed by atoms with Gasteiger partial charge >= 0.3 is 0 Å². The lowest BCUT2D eigenvalue weighted by Crippen LogP contribution is -1.92. The van der Waals surface area contributed by atoms with Crippen LogP contribution in [-0.2, 0) is 5.88 Å². The number of fused-ring (bicyclic) bond motifs is 1. The number of ether oxygens (including phenoxy) is 2. The van der Waals surface area contributed by atoms with Crippen LogP contribution in [-0.4, -0.2) is 16.5 Å². The minimum atomic E-state index is 0.330.